The number of halogens is 1. The number of carbonyl (C=O) groups is 1. The quantitative estimate of drug-likeness (QED) is 0.635. The molecule has 0 atom stereocenters. The summed E-state index contributed by atoms with van der Waals surface area (Å²) < 4.78 is 6.73. The summed E-state index contributed by atoms with van der Waals surface area (Å²) in [6.45, 7) is 2.03. The molecular formula is C15H11BrN2O2S. The molecular weight excluding hydrogens is 352 g/mol. The van der Waals surface area contributed by atoms with Gasteiger partial charge in [-0.05, 0) is 49.0 Å². The van der Waals surface area contributed by atoms with E-state index in [2.05, 4.69) is 26.6 Å². The molecule has 0 aliphatic carbocycles. The van der Waals surface area contributed by atoms with Gasteiger partial charge in [0.15, 0.2) is 5.11 Å². The smallest absolute Gasteiger partial charge is 0.274 e. The maximum absolute atomic E-state index is 11.6. The van der Waals surface area contributed by atoms with Crippen LogP contribution >= 0.6 is 28.1 Å². The van der Waals surface area contributed by atoms with Crippen molar-refractivity contribution in [1.82, 2.24) is 10.6 Å². The molecule has 0 spiro atoms. The van der Waals surface area contributed by atoms with E-state index in [9.17, 15) is 4.79 Å². The van der Waals surface area contributed by atoms with Crippen LogP contribution in [0, 0.1) is 6.92 Å². The molecule has 1 saturated heterocycles. The zero-order chi connectivity index (χ0) is 15.0. The predicted molar refractivity (Wildman–Crippen MR) is 88.4 cm³/mol. The van der Waals surface area contributed by atoms with Crippen LogP contribution in [0.25, 0.3) is 17.4 Å². The van der Waals surface area contributed by atoms with Gasteiger partial charge in [0.2, 0.25) is 0 Å². The van der Waals surface area contributed by atoms with Gasteiger partial charge in [-0.15, -0.1) is 0 Å². The number of hydrogen-bond acceptors (Lipinski definition) is 3. The molecule has 106 valence electrons. The highest BCUT2D eigenvalue weighted by Gasteiger charge is 2.20. The Morgan fingerprint density at radius 1 is 1.24 bits per heavy atom. The maximum Gasteiger partial charge on any atom is 0.274 e. The van der Waals surface area contributed by atoms with Gasteiger partial charge in [-0.2, -0.15) is 0 Å². The standard InChI is InChI=1S/C15H11BrN2O2S/c1-8-2-4-10(11(16)6-8)13-5-3-9(20-13)7-12-14(19)18-15(21)17-12/h2-7H,1H3,(H2,17,18,19,21)/b12-7-. The topological polar surface area (TPSA) is 54.3 Å². The number of hydrogen-bond donors (Lipinski definition) is 2. The number of amides is 1. The lowest BCUT2D eigenvalue weighted by atomic mass is 10.1. The molecule has 2 aromatic rings. The van der Waals surface area contributed by atoms with Gasteiger partial charge in [0.25, 0.3) is 5.91 Å². The highest BCUT2D eigenvalue weighted by Crippen LogP contribution is 2.31. The lowest BCUT2D eigenvalue weighted by Gasteiger charge is -2.02. The van der Waals surface area contributed by atoms with Crippen LogP contribution in [0.5, 0.6) is 0 Å². The third kappa shape index (κ3) is 2.91. The monoisotopic (exact) mass is 362 g/mol. The van der Waals surface area contributed by atoms with E-state index < -0.39 is 0 Å². The fourth-order valence-corrected chi connectivity index (χ4v) is 2.91. The summed E-state index contributed by atoms with van der Waals surface area (Å²) in [4.78, 5) is 11.6. The van der Waals surface area contributed by atoms with Gasteiger partial charge >= 0.3 is 0 Å². The first-order valence-electron chi connectivity index (χ1n) is 6.23. The van der Waals surface area contributed by atoms with Gasteiger partial charge < -0.3 is 9.73 Å². The number of nitrogens with one attached hydrogen (secondary N) is 2. The van der Waals surface area contributed by atoms with Gasteiger partial charge in [-0.1, -0.05) is 22.0 Å². The van der Waals surface area contributed by atoms with Crippen LogP contribution in [-0.2, 0) is 4.79 Å². The summed E-state index contributed by atoms with van der Waals surface area (Å²) in [5, 5.41) is 5.59. The first-order chi connectivity index (χ1) is 10.0. The number of carbonyl (C=O) groups excluding carboxylic acids is 1. The molecule has 1 amide bonds. The predicted octanol–water partition coefficient (Wildman–Crippen LogP) is 3.36. The lowest BCUT2D eigenvalue weighted by Crippen LogP contribution is -2.21. The fraction of sp³-hybridized carbons (Fsp3) is 0.0667. The Hall–Kier alpha value is -1.92. The van der Waals surface area contributed by atoms with Crippen molar-refractivity contribution in [3.63, 3.8) is 0 Å². The highest BCUT2D eigenvalue weighted by atomic mass is 79.9. The van der Waals surface area contributed by atoms with Crippen molar-refractivity contribution < 1.29 is 9.21 Å². The van der Waals surface area contributed by atoms with Crippen LogP contribution in [-0.4, -0.2) is 11.0 Å². The normalized spacial score (nSPS) is 16.2. The Labute approximate surface area is 135 Å². The molecule has 0 saturated carbocycles. The van der Waals surface area contributed by atoms with Gasteiger partial charge in [0.1, 0.15) is 17.2 Å². The second kappa shape index (κ2) is 5.46. The number of benzene rings is 1. The van der Waals surface area contributed by atoms with E-state index in [1.54, 1.807) is 6.08 Å². The molecule has 1 aliphatic heterocycles. The minimum Gasteiger partial charge on any atom is -0.457 e. The van der Waals surface area contributed by atoms with E-state index in [1.165, 1.54) is 5.56 Å². The summed E-state index contributed by atoms with van der Waals surface area (Å²) in [7, 11) is 0. The van der Waals surface area contributed by atoms with E-state index in [0.29, 0.717) is 16.6 Å². The minimum absolute atomic E-state index is 0.255. The number of thiocarbonyl (C=S) groups is 1. The lowest BCUT2D eigenvalue weighted by molar-refractivity contribution is -0.115. The zero-order valence-electron chi connectivity index (χ0n) is 11.1. The fourth-order valence-electron chi connectivity index (χ4n) is 2.02. The second-order valence-electron chi connectivity index (χ2n) is 4.65. The van der Waals surface area contributed by atoms with Crippen molar-refractivity contribution in [3.8, 4) is 11.3 Å². The van der Waals surface area contributed by atoms with Crippen LogP contribution in [0.4, 0.5) is 0 Å². The van der Waals surface area contributed by atoms with Crippen molar-refractivity contribution >= 4 is 45.2 Å². The first kappa shape index (κ1) is 14.0. The van der Waals surface area contributed by atoms with Crippen molar-refractivity contribution in [1.29, 1.82) is 0 Å². The van der Waals surface area contributed by atoms with Crippen LogP contribution in [0.1, 0.15) is 11.3 Å². The van der Waals surface area contributed by atoms with Crippen LogP contribution in [0.2, 0.25) is 0 Å². The number of furan rings is 1. The minimum atomic E-state index is -0.255. The summed E-state index contributed by atoms with van der Waals surface area (Å²) in [5.41, 5.74) is 2.51. The van der Waals surface area contributed by atoms with Gasteiger partial charge in [-0.25, -0.2) is 0 Å². The molecule has 0 unspecified atom stereocenters. The molecule has 1 aromatic heterocycles. The summed E-state index contributed by atoms with van der Waals surface area (Å²) in [6.07, 6.45) is 1.63. The van der Waals surface area contributed by atoms with Gasteiger partial charge in [0, 0.05) is 16.1 Å². The van der Waals surface area contributed by atoms with Crippen molar-refractivity contribution in [2.75, 3.05) is 0 Å². The van der Waals surface area contributed by atoms with Crippen LogP contribution < -0.4 is 10.6 Å². The van der Waals surface area contributed by atoms with E-state index in [-0.39, 0.29) is 5.91 Å². The average Bonchev–Trinajstić information content (AvgIpc) is 2.97. The molecule has 6 heteroatoms. The van der Waals surface area contributed by atoms with Crippen molar-refractivity contribution in [2.24, 2.45) is 0 Å². The van der Waals surface area contributed by atoms with E-state index in [0.717, 1.165) is 15.8 Å². The molecule has 21 heavy (non-hydrogen) atoms. The van der Waals surface area contributed by atoms with Gasteiger partial charge in [0.05, 0.1) is 0 Å². The average molecular weight is 363 g/mol. The SMILES string of the molecule is Cc1ccc(-c2ccc(/C=C3\NC(=S)NC3=O)o2)c(Br)c1. The van der Waals surface area contributed by atoms with E-state index in [4.69, 9.17) is 16.6 Å². The summed E-state index contributed by atoms with van der Waals surface area (Å²) in [6, 6.07) is 9.72. The van der Waals surface area contributed by atoms with Crippen LogP contribution in [0.3, 0.4) is 0 Å². The van der Waals surface area contributed by atoms with E-state index in [1.807, 2.05) is 37.3 Å². The molecule has 1 aliphatic rings. The van der Waals surface area contributed by atoms with Crippen molar-refractivity contribution in [3.05, 3.63) is 51.8 Å². The molecule has 1 fully saturated rings. The molecule has 0 bridgehead atoms. The van der Waals surface area contributed by atoms with Crippen molar-refractivity contribution in [2.45, 2.75) is 6.92 Å². The largest absolute Gasteiger partial charge is 0.457 e. The zero-order valence-corrected chi connectivity index (χ0v) is 13.5. The summed E-state index contributed by atoms with van der Waals surface area (Å²) in [5.74, 6) is 1.06. The molecule has 4 nitrogen and oxygen atoms in total. The Balaban J connectivity index is 1.92. The Morgan fingerprint density at radius 3 is 2.71 bits per heavy atom. The molecule has 1 aromatic carbocycles. The summed E-state index contributed by atoms with van der Waals surface area (Å²) >= 11 is 8.41. The molecule has 0 radical (unpaired) electrons. The third-order valence-corrected chi connectivity index (χ3v) is 3.88. The Kier molecular flexibility index (Phi) is 3.65. The molecule has 2 N–H and O–H groups in total. The number of rotatable bonds is 2. The number of aryl methyl sites for hydroxylation is 1. The Morgan fingerprint density at radius 2 is 2.05 bits per heavy atom. The molecule has 3 rings (SSSR count). The second-order valence-corrected chi connectivity index (χ2v) is 5.91. The van der Waals surface area contributed by atoms with E-state index >= 15 is 0 Å². The van der Waals surface area contributed by atoms with Crippen LogP contribution in [0.15, 0.2) is 44.9 Å². The first-order valence-corrected chi connectivity index (χ1v) is 7.43. The Bertz CT molecular complexity index is 780. The highest BCUT2D eigenvalue weighted by molar-refractivity contribution is 9.10. The van der Waals surface area contributed by atoms with Gasteiger partial charge in [-0.3, -0.25) is 10.1 Å². The maximum atomic E-state index is 11.6. The third-order valence-electron chi connectivity index (χ3n) is 3.02. The molecule has 2 heterocycles.